The fourth-order valence-electron chi connectivity index (χ4n) is 4.43. The van der Waals surface area contributed by atoms with E-state index in [1.165, 1.54) is 32.1 Å². The van der Waals surface area contributed by atoms with E-state index >= 15 is 0 Å². The van der Waals surface area contributed by atoms with Crippen LogP contribution in [0.1, 0.15) is 65.0 Å². The molecule has 4 rings (SSSR count). The summed E-state index contributed by atoms with van der Waals surface area (Å²) in [5.74, 6) is 7.48. The molecule has 34 heavy (non-hydrogen) atoms. The third-order valence-electron chi connectivity index (χ3n) is 6.05. The molecule has 1 fully saturated rings. The van der Waals surface area contributed by atoms with Crippen molar-refractivity contribution in [1.29, 1.82) is 0 Å². The molecule has 1 aliphatic rings. The van der Waals surface area contributed by atoms with Crippen LogP contribution in [-0.4, -0.2) is 48.2 Å². The van der Waals surface area contributed by atoms with E-state index in [0.29, 0.717) is 47.7 Å². The van der Waals surface area contributed by atoms with Crippen molar-refractivity contribution in [2.75, 3.05) is 12.3 Å². The number of pyridine rings is 1. The van der Waals surface area contributed by atoms with E-state index in [1.807, 2.05) is 17.6 Å². The summed E-state index contributed by atoms with van der Waals surface area (Å²) in [6, 6.07) is 1.75. The monoisotopic (exact) mass is 467 g/mol. The first kappa shape index (κ1) is 24.0. The molecule has 182 valence electrons. The number of nitrogen functional groups attached to an aromatic ring is 1. The van der Waals surface area contributed by atoms with Crippen LogP contribution in [0.25, 0.3) is 22.6 Å². The molecule has 0 unspecified atom stereocenters. The van der Waals surface area contributed by atoms with Crippen molar-refractivity contribution in [3.05, 3.63) is 11.8 Å². The van der Waals surface area contributed by atoms with Crippen LogP contribution in [0, 0.1) is 17.8 Å². The highest BCUT2D eigenvalue weighted by Gasteiger charge is 2.22. The number of rotatable bonds is 7. The van der Waals surface area contributed by atoms with Crippen molar-refractivity contribution in [2.24, 2.45) is 11.7 Å². The van der Waals surface area contributed by atoms with Gasteiger partial charge in [0.15, 0.2) is 17.3 Å². The van der Waals surface area contributed by atoms with Crippen LogP contribution in [0.5, 0.6) is 5.88 Å². The Morgan fingerprint density at radius 3 is 2.68 bits per heavy atom. The summed E-state index contributed by atoms with van der Waals surface area (Å²) in [4.78, 5) is 9.28. The minimum atomic E-state index is -1.19. The summed E-state index contributed by atoms with van der Waals surface area (Å²) in [5, 5.41) is 17.7. The number of ether oxygens (including phenoxy) is 1. The molecule has 3 aromatic heterocycles. The average molecular weight is 468 g/mol. The van der Waals surface area contributed by atoms with E-state index in [2.05, 4.69) is 27.1 Å². The van der Waals surface area contributed by atoms with Crippen LogP contribution in [0.3, 0.4) is 0 Å². The number of imidazole rings is 1. The predicted octanol–water partition coefficient (Wildman–Crippen LogP) is 2.88. The second-order valence-electron chi connectivity index (χ2n) is 9.47. The molecular weight excluding hydrogens is 434 g/mol. The van der Waals surface area contributed by atoms with Crippen LogP contribution in [0.2, 0.25) is 0 Å². The Bertz CT molecular complexity index is 1190. The first-order valence-corrected chi connectivity index (χ1v) is 11.9. The van der Waals surface area contributed by atoms with Crippen molar-refractivity contribution in [1.82, 2.24) is 24.8 Å². The molecule has 0 bridgehead atoms. The van der Waals surface area contributed by atoms with Gasteiger partial charge in [-0.1, -0.05) is 38.0 Å². The minimum absolute atomic E-state index is 0.0702. The van der Waals surface area contributed by atoms with Crippen LogP contribution in [0.4, 0.5) is 5.82 Å². The first-order valence-electron chi connectivity index (χ1n) is 11.9. The van der Waals surface area contributed by atoms with Crippen molar-refractivity contribution >= 4 is 16.9 Å². The van der Waals surface area contributed by atoms with Gasteiger partial charge in [-0.05, 0) is 49.3 Å². The molecule has 10 nitrogen and oxygen atoms in total. The fourth-order valence-corrected chi connectivity index (χ4v) is 4.43. The van der Waals surface area contributed by atoms with Crippen LogP contribution in [0.15, 0.2) is 10.7 Å². The maximum atomic E-state index is 10.1. The van der Waals surface area contributed by atoms with Crippen molar-refractivity contribution in [3.8, 4) is 29.2 Å². The van der Waals surface area contributed by atoms with Gasteiger partial charge in [0.2, 0.25) is 5.88 Å². The Balaban J connectivity index is 1.68. The highest BCUT2D eigenvalue weighted by atomic mass is 16.6. The van der Waals surface area contributed by atoms with Crippen LogP contribution in [-0.2, 0) is 6.54 Å². The molecule has 0 amide bonds. The lowest BCUT2D eigenvalue weighted by molar-refractivity contribution is 0.143. The molecule has 0 aliphatic heterocycles. The van der Waals surface area contributed by atoms with E-state index in [9.17, 15) is 5.11 Å². The summed E-state index contributed by atoms with van der Waals surface area (Å²) in [7, 11) is 0. The highest BCUT2D eigenvalue weighted by Crippen LogP contribution is 2.30. The lowest BCUT2D eigenvalue weighted by Crippen LogP contribution is -2.31. The molecule has 1 atom stereocenters. The topological polar surface area (TPSA) is 151 Å². The molecule has 0 radical (unpaired) electrons. The zero-order valence-electron chi connectivity index (χ0n) is 20.0. The lowest BCUT2D eigenvalue weighted by atomic mass is 9.85. The smallest absolute Gasteiger partial charge is 0.216 e. The molecule has 0 saturated heterocycles. The second kappa shape index (κ2) is 9.99. The van der Waals surface area contributed by atoms with E-state index in [4.69, 9.17) is 25.8 Å². The average Bonchev–Trinajstić information content (AvgIpc) is 3.38. The van der Waals surface area contributed by atoms with Gasteiger partial charge in [-0.2, -0.15) is 0 Å². The third-order valence-corrected chi connectivity index (χ3v) is 6.05. The summed E-state index contributed by atoms with van der Waals surface area (Å²) in [5.41, 5.74) is 13.2. The molecule has 3 aromatic rings. The number of hydrogen-bond acceptors (Lipinski definition) is 9. The maximum Gasteiger partial charge on any atom is 0.216 e. The summed E-state index contributed by atoms with van der Waals surface area (Å²) in [6.45, 7) is 6.15. The quantitative estimate of drug-likeness (QED) is 0.445. The Labute approximate surface area is 199 Å². The molecule has 0 aromatic carbocycles. The number of aryl methyl sites for hydroxylation is 1. The summed E-state index contributed by atoms with van der Waals surface area (Å²) < 4.78 is 12.7. The van der Waals surface area contributed by atoms with Gasteiger partial charge in [0.25, 0.3) is 0 Å². The molecule has 10 heteroatoms. The Hall–Kier alpha value is -3.16. The van der Waals surface area contributed by atoms with Crippen molar-refractivity contribution in [2.45, 2.75) is 77.5 Å². The largest absolute Gasteiger partial charge is 0.476 e. The van der Waals surface area contributed by atoms with E-state index in [1.54, 1.807) is 13.8 Å². The normalized spacial score (nSPS) is 15.8. The fraction of sp³-hybridized carbons (Fsp3) is 0.583. The standard InChI is InChI=1S/C24H33N7O3/c1-4-31-18-13-19(33-14-16(25)12-15-8-6-5-7-9-15)27-17(10-11-24(2,3)32)20(18)28-23(31)21-22(26)30-34-29-21/h13,15-16,32H,4-9,12,14,25H2,1-3H3,(H2,26,30)/t16-/m0/s1. The SMILES string of the molecule is CCn1c(-c2nonc2N)nc2c(C#CC(C)(C)O)nc(OC[C@@H](N)CC3CCCCC3)cc21. The number of nitrogens with two attached hydrogens (primary N) is 2. The zero-order valence-corrected chi connectivity index (χ0v) is 20.0. The molecule has 5 N–H and O–H groups in total. The number of aromatic nitrogens is 5. The zero-order chi connectivity index (χ0) is 24.3. The van der Waals surface area contributed by atoms with Gasteiger partial charge >= 0.3 is 0 Å². The third kappa shape index (κ3) is 5.48. The van der Waals surface area contributed by atoms with Gasteiger partial charge in [-0.3, -0.25) is 0 Å². The van der Waals surface area contributed by atoms with Gasteiger partial charge in [0, 0.05) is 18.7 Å². The summed E-state index contributed by atoms with van der Waals surface area (Å²) >= 11 is 0. The highest BCUT2D eigenvalue weighted by molar-refractivity contribution is 5.86. The van der Waals surface area contributed by atoms with Gasteiger partial charge in [-0.25, -0.2) is 14.6 Å². The first-order chi connectivity index (χ1) is 16.2. The van der Waals surface area contributed by atoms with E-state index < -0.39 is 5.60 Å². The van der Waals surface area contributed by atoms with Crippen LogP contribution < -0.4 is 16.2 Å². The molecular formula is C24H33N7O3. The molecule has 1 saturated carbocycles. The number of nitrogens with zero attached hydrogens (tertiary/aromatic N) is 5. The van der Waals surface area contributed by atoms with Gasteiger partial charge in [0.05, 0.1) is 5.52 Å². The van der Waals surface area contributed by atoms with E-state index in [-0.39, 0.29) is 11.9 Å². The van der Waals surface area contributed by atoms with Crippen LogP contribution >= 0.6 is 0 Å². The van der Waals surface area contributed by atoms with Gasteiger partial charge < -0.3 is 25.9 Å². The predicted molar refractivity (Wildman–Crippen MR) is 129 cm³/mol. The Morgan fingerprint density at radius 1 is 1.26 bits per heavy atom. The van der Waals surface area contributed by atoms with Gasteiger partial charge in [-0.15, -0.1) is 0 Å². The minimum Gasteiger partial charge on any atom is -0.476 e. The van der Waals surface area contributed by atoms with Gasteiger partial charge in [0.1, 0.15) is 23.4 Å². The second-order valence-corrected chi connectivity index (χ2v) is 9.47. The Morgan fingerprint density at radius 2 is 2.03 bits per heavy atom. The van der Waals surface area contributed by atoms with Crippen molar-refractivity contribution < 1.29 is 14.5 Å². The lowest BCUT2D eigenvalue weighted by Gasteiger charge is -2.24. The Kier molecular flexibility index (Phi) is 7.05. The number of anilines is 1. The summed E-state index contributed by atoms with van der Waals surface area (Å²) in [6.07, 6.45) is 7.33. The number of hydrogen-bond donors (Lipinski definition) is 3. The van der Waals surface area contributed by atoms with Crippen molar-refractivity contribution in [3.63, 3.8) is 0 Å². The van der Waals surface area contributed by atoms with E-state index in [0.717, 1.165) is 11.9 Å². The molecule has 1 aliphatic carbocycles. The number of fused-ring (bicyclic) bond motifs is 1. The molecule has 3 heterocycles. The maximum absolute atomic E-state index is 10.1. The molecule has 0 spiro atoms. The number of aliphatic hydroxyl groups is 1.